The van der Waals surface area contributed by atoms with Gasteiger partial charge in [0.1, 0.15) is 22.7 Å². The summed E-state index contributed by atoms with van der Waals surface area (Å²) in [6, 6.07) is 19.9. The van der Waals surface area contributed by atoms with Gasteiger partial charge in [-0.05, 0) is 55.5 Å². The summed E-state index contributed by atoms with van der Waals surface area (Å²) in [4.78, 5) is 29.1. The Morgan fingerprint density at radius 3 is 2.36 bits per heavy atom. The summed E-state index contributed by atoms with van der Waals surface area (Å²) in [5.41, 5.74) is 1.76. The molecule has 6 nitrogen and oxygen atoms in total. The largest absolute Gasteiger partial charge is 0.457 e. The summed E-state index contributed by atoms with van der Waals surface area (Å²) >= 11 is 0. The molecular formula is C22H17N3O3. The standard InChI is InChI=1S/C22H17N3O3/c1-15-5-9-17(10-6-15)28-18-11-7-16(8-12-18)24-21(26)19-14-23-20-4-2-3-13-25(20)22(19)27/h2-14H,1H3,(H,24,26). The van der Waals surface area contributed by atoms with Crippen molar-refractivity contribution in [2.75, 3.05) is 5.32 Å². The van der Waals surface area contributed by atoms with Crippen molar-refractivity contribution in [1.29, 1.82) is 0 Å². The molecule has 0 aliphatic rings. The van der Waals surface area contributed by atoms with E-state index in [9.17, 15) is 9.59 Å². The van der Waals surface area contributed by atoms with E-state index in [0.29, 0.717) is 17.1 Å². The van der Waals surface area contributed by atoms with Gasteiger partial charge in [-0.2, -0.15) is 0 Å². The molecule has 0 saturated heterocycles. The van der Waals surface area contributed by atoms with E-state index in [0.717, 1.165) is 11.3 Å². The van der Waals surface area contributed by atoms with Gasteiger partial charge in [0.2, 0.25) is 0 Å². The van der Waals surface area contributed by atoms with Crippen molar-refractivity contribution < 1.29 is 9.53 Å². The number of fused-ring (bicyclic) bond motifs is 1. The van der Waals surface area contributed by atoms with Crippen molar-refractivity contribution in [3.8, 4) is 11.5 Å². The Labute approximate surface area is 161 Å². The van der Waals surface area contributed by atoms with E-state index >= 15 is 0 Å². The zero-order chi connectivity index (χ0) is 19.5. The fraction of sp³-hybridized carbons (Fsp3) is 0.0455. The average molecular weight is 371 g/mol. The van der Waals surface area contributed by atoms with Crippen molar-refractivity contribution >= 4 is 17.2 Å². The first-order chi connectivity index (χ1) is 13.6. The minimum absolute atomic E-state index is 0.0244. The lowest BCUT2D eigenvalue weighted by atomic mass is 10.2. The monoisotopic (exact) mass is 371 g/mol. The van der Waals surface area contributed by atoms with Crippen LogP contribution >= 0.6 is 0 Å². The number of amides is 1. The first-order valence-electron chi connectivity index (χ1n) is 8.72. The Morgan fingerprint density at radius 1 is 0.964 bits per heavy atom. The maximum absolute atomic E-state index is 12.5. The highest BCUT2D eigenvalue weighted by Gasteiger charge is 2.13. The Morgan fingerprint density at radius 2 is 1.64 bits per heavy atom. The number of aryl methyl sites for hydroxylation is 1. The molecule has 4 aromatic rings. The van der Waals surface area contributed by atoms with Crippen LogP contribution in [0.2, 0.25) is 0 Å². The number of nitrogens with zero attached hydrogens (tertiary/aromatic N) is 2. The van der Waals surface area contributed by atoms with Crippen LogP contribution in [-0.4, -0.2) is 15.3 Å². The van der Waals surface area contributed by atoms with Crippen molar-refractivity contribution in [1.82, 2.24) is 9.38 Å². The van der Waals surface area contributed by atoms with E-state index in [1.807, 2.05) is 31.2 Å². The van der Waals surface area contributed by atoms with E-state index in [2.05, 4.69) is 10.3 Å². The molecular weight excluding hydrogens is 354 g/mol. The van der Waals surface area contributed by atoms with Crippen LogP contribution in [0.3, 0.4) is 0 Å². The molecule has 28 heavy (non-hydrogen) atoms. The molecule has 0 aliphatic carbocycles. The molecule has 0 saturated carbocycles. The number of hydrogen-bond donors (Lipinski definition) is 1. The van der Waals surface area contributed by atoms with Crippen molar-refractivity contribution in [3.05, 3.63) is 101 Å². The molecule has 1 amide bonds. The highest BCUT2D eigenvalue weighted by molar-refractivity contribution is 6.03. The van der Waals surface area contributed by atoms with Crippen LogP contribution in [0.15, 0.2) is 83.9 Å². The Kier molecular flexibility index (Phi) is 4.60. The van der Waals surface area contributed by atoms with Gasteiger partial charge in [-0.3, -0.25) is 14.0 Å². The fourth-order valence-electron chi connectivity index (χ4n) is 2.73. The number of nitrogens with one attached hydrogen (secondary N) is 1. The summed E-state index contributed by atoms with van der Waals surface area (Å²) in [5.74, 6) is 0.870. The van der Waals surface area contributed by atoms with Gasteiger partial charge in [-0.1, -0.05) is 23.8 Å². The Hall–Kier alpha value is -3.93. The van der Waals surface area contributed by atoms with Crippen molar-refractivity contribution in [3.63, 3.8) is 0 Å². The second-order valence-electron chi connectivity index (χ2n) is 6.30. The summed E-state index contributed by atoms with van der Waals surface area (Å²) in [6.07, 6.45) is 2.88. The Balaban J connectivity index is 1.50. The molecule has 0 fully saturated rings. The second kappa shape index (κ2) is 7.36. The SMILES string of the molecule is Cc1ccc(Oc2ccc(NC(=O)c3cnc4ccccn4c3=O)cc2)cc1. The molecule has 0 unspecified atom stereocenters. The third-order valence-electron chi connectivity index (χ3n) is 4.23. The Bertz CT molecular complexity index is 1200. The van der Waals surface area contributed by atoms with Crippen LogP contribution in [0.25, 0.3) is 5.65 Å². The molecule has 2 aromatic carbocycles. The minimum atomic E-state index is -0.511. The van der Waals surface area contributed by atoms with Crippen LogP contribution in [0, 0.1) is 6.92 Å². The van der Waals surface area contributed by atoms with Crippen LogP contribution < -0.4 is 15.6 Å². The van der Waals surface area contributed by atoms with Gasteiger partial charge in [-0.15, -0.1) is 0 Å². The third kappa shape index (κ3) is 3.61. The quantitative estimate of drug-likeness (QED) is 0.587. The smallest absolute Gasteiger partial charge is 0.270 e. The van der Waals surface area contributed by atoms with Crippen molar-refractivity contribution in [2.24, 2.45) is 0 Å². The molecule has 0 spiro atoms. The van der Waals surface area contributed by atoms with E-state index in [1.54, 1.807) is 48.7 Å². The molecule has 2 aromatic heterocycles. The zero-order valence-corrected chi connectivity index (χ0v) is 15.1. The number of anilines is 1. The highest BCUT2D eigenvalue weighted by Crippen LogP contribution is 2.23. The minimum Gasteiger partial charge on any atom is -0.457 e. The maximum Gasteiger partial charge on any atom is 0.270 e. The van der Waals surface area contributed by atoms with Gasteiger partial charge >= 0.3 is 0 Å². The predicted octanol–water partition coefficient (Wildman–Crippen LogP) is 4.05. The van der Waals surface area contributed by atoms with Gasteiger partial charge in [0.15, 0.2) is 0 Å². The number of benzene rings is 2. The first-order valence-corrected chi connectivity index (χ1v) is 8.72. The molecule has 0 aliphatic heterocycles. The summed E-state index contributed by atoms with van der Waals surface area (Å²) in [6.45, 7) is 2.01. The predicted molar refractivity (Wildman–Crippen MR) is 107 cm³/mol. The highest BCUT2D eigenvalue weighted by atomic mass is 16.5. The molecule has 1 N–H and O–H groups in total. The molecule has 2 heterocycles. The van der Waals surface area contributed by atoms with Crippen LogP contribution in [0.1, 0.15) is 15.9 Å². The first kappa shape index (κ1) is 17.5. The van der Waals surface area contributed by atoms with Gasteiger partial charge in [0, 0.05) is 18.1 Å². The number of pyridine rings is 1. The van der Waals surface area contributed by atoms with Crippen molar-refractivity contribution in [2.45, 2.75) is 6.92 Å². The zero-order valence-electron chi connectivity index (χ0n) is 15.1. The van der Waals surface area contributed by atoms with Crippen LogP contribution in [-0.2, 0) is 0 Å². The average Bonchev–Trinajstić information content (AvgIpc) is 2.71. The number of hydrogen-bond acceptors (Lipinski definition) is 4. The van der Waals surface area contributed by atoms with Gasteiger partial charge in [-0.25, -0.2) is 4.98 Å². The third-order valence-corrected chi connectivity index (χ3v) is 4.23. The summed E-state index contributed by atoms with van der Waals surface area (Å²) in [7, 11) is 0. The molecule has 6 heteroatoms. The molecule has 0 atom stereocenters. The number of ether oxygens (including phenoxy) is 1. The topological polar surface area (TPSA) is 72.7 Å². The lowest BCUT2D eigenvalue weighted by Crippen LogP contribution is -2.26. The molecule has 4 rings (SSSR count). The fourth-order valence-corrected chi connectivity index (χ4v) is 2.73. The summed E-state index contributed by atoms with van der Waals surface area (Å²) in [5, 5.41) is 2.71. The molecule has 0 radical (unpaired) electrons. The van der Waals surface area contributed by atoms with Crippen LogP contribution in [0.5, 0.6) is 11.5 Å². The van der Waals surface area contributed by atoms with E-state index < -0.39 is 11.5 Å². The number of carbonyl (C=O) groups is 1. The van der Waals surface area contributed by atoms with Gasteiger partial charge < -0.3 is 10.1 Å². The van der Waals surface area contributed by atoms with E-state index in [4.69, 9.17) is 4.74 Å². The van der Waals surface area contributed by atoms with E-state index in [-0.39, 0.29) is 5.56 Å². The van der Waals surface area contributed by atoms with Gasteiger partial charge in [0.25, 0.3) is 11.5 Å². The lowest BCUT2D eigenvalue weighted by molar-refractivity contribution is 0.102. The summed E-state index contributed by atoms with van der Waals surface area (Å²) < 4.78 is 7.11. The number of carbonyl (C=O) groups excluding carboxylic acids is 1. The maximum atomic E-state index is 12.5. The second-order valence-corrected chi connectivity index (χ2v) is 6.30. The molecule has 138 valence electrons. The van der Waals surface area contributed by atoms with Gasteiger partial charge in [0.05, 0.1) is 0 Å². The van der Waals surface area contributed by atoms with Crippen LogP contribution in [0.4, 0.5) is 5.69 Å². The number of rotatable bonds is 4. The lowest BCUT2D eigenvalue weighted by Gasteiger charge is -2.08. The normalized spacial score (nSPS) is 10.6. The molecule has 0 bridgehead atoms. The van der Waals surface area contributed by atoms with E-state index in [1.165, 1.54) is 10.6 Å². The number of aromatic nitrogens is 2.